The molecule has 0 bridgehead atoms. The number of nitrogens with zero attached hydrogens (tertiary/aromatic N) is 3. The SMILES string of the molecule is CCOc1ccc(Nc2cc(-c3cccnc3)nc(NCCCO)n2)cc1. The number of anilines is 3. The van der Waals surface area contributed by atoms with E-state index in [1.54, 1.807) is 12.4 Å². The molecule has 0 radical (unpaired) electrons. The first kappa shape index (κ1) is 18.6. The number of rotatable bonds is 9. The highest BCUT2D eigenvalue weighted by atomic mass is 16.5. The maximum atomic E-state index is 8.98. The molecule has 2 heterocycles. The second-order valence-electron chi connectivity index (χ2n) is 5.79. The van der Waals surface area contributed by atoms with Crippen LogP contribution in [0.1, 0.15) is 13.3 Å². The molecule has 3 N–H and O–H groups in total. The van der Waals surface area contributed by atoms with Gasteiger partial charge >= 0.3 is 0 Å². The van der Waals surface area contributed by atoms with E-state index >= 15 is 0 Å². The summed E-state index contributed by atoms with van der Waals surface area (Å²) in [5.74, 6) is 1.99. The molecule has 1 aromatic carbocycles. The van der Waals surface area contributed by atoms with Gasteiger partial charge in [0, 0.05) is 42.9 Å². The molecular formula is C20H23N5O2. The third-order valence-corrected chi connectivity index (χ3v) is 3.74. The van der Waals surface area contributed by atoms with Crippen LogP contribution in [-0.4, -0.2) is 39.8 Å². The van der Waals surface area contributed by atoms with E-state index in [2.05, 4.69) is 25.6 Å². The molecule has 0 unspecified atom stereocenters. The van der Waals surface area contributed by atoms with Gasteiger partial charge in [0.1, 0.15) is 11.6 Å². The minimum atomic E-state index is 0.118. The number of hydrogen-bond acceptors (Lipinski definition) is 7. The monoisotopic (exact) mass is 365 g/mol. The van der Waals surface area contributed by atoms with Gasteiger partial charge in [0.2, 0.25) is 5.95 Å². The summed E-state index contributed by atoms with van der Waals surface area (Å²) < 4.78 is 5.47. The maximum absolute atomic E-state index is 8.98. The first-order valence-electron chi connectivity index (χ1n) is 8.92. The average Bonchev–Trinajstić information content (AvgIpc) is 2.70. The zero-order chi connectivity index (χ0) is 18.9. The fraction of sp³-hybridized carbons (Fsp3) is 0.250. The predicted octanol–water partition coefficient (Wildman–Crippen LogP) is 3.48. The lowest BCUT2D eigenvalue weighted by Crippen LogP contribution is -2.08. The van der Waals surface area contributed by atoms with E-state index in [-0.39, 0.29) is 6.61 Å². The van der Waals surface area contributed by atoms with Gasteiger partial charge in [0.05, 0.1) is 12.3 Å². The van der Waals surface area contributed by atoms with Crippen molar-refractivity contribution in [1.82, 2.24) is 15.0 Å². The molecular weight excluding hydrogens is 342 g/mol. The number of hydrogen-bond donors (Lipinski definition) is 3. The normalized spacial score (nSPS) is 10.4. The van der Waals surface area contributed by atoms with Crippen LogP contribution in [0.4, 0.5) is 17.5 Å². The molecule has 2 aromatic heterocycles. The topological polar surface area (TPSA) is 92.2 Å². The van der Waals surface area contributed by atoms with E-state index in [4.69, 9.17) is 9.84 Å². The largest absolute Gasteiger partial charge is 0.494 e. The molecule has 7 heteroatoms. The number of pyridine rings is 1. The Kier molecular flexibility index (Phi) is 6.54. The van der Waals surface area contributed by atoms with Gasteiger partial charge in [-0.3, -0.25) is 4.98 Å². The maximum Gasteiger partial charge on any atom is 0.225 e. The first-order chi connectivity index (χ1) is 13.3. The molecule has 3 rings (SSSR count). The number of aliphatic hydroxyl groups is 1. The Morgan fingerprint density at radius 1 is 1.11 bits per heavy atom. The highest BCUT2D eigenvalue weighted by molar-refractivity contribution is 5.67. The minimum absolute atomic E-state index is 0.118. The van der Waals surface area contributed by atoms with Crippen LogP contribution < -0.4 is 15.4 Å². The van der Waals surface area contributed by atoms with Crippen LogP contribution >= 0.6 is 0 Å². The van der Waals surface area contributed by atoms with Crippen LogP contribution in [0.3, 0.4) is 0 Å². The van der Waals surface area contributed by atoms with Crippen molar-refractivity contribution >= 4 is 17.5 Å². The molecule has 27 heavy (non-hydrogen) atoms. The fourth-order valence-corrected chi connectivity index (χ4v) is 2.48. The zero-order valence-electron chi connectivity index (χ0n) is 15.2. The van der Waals surface area contributed by atoms with Gasteiger partial charge < -0.3 is 20.5 Å². The standard InChI is InChI=1S/C20H23N5O2/c1-2-27-17-8-6-16(7-9-17)23-19-13-18(15-5-3-10-21-14-15)24-20(25-19)22-11-4-12-26/h3,5-10,13-14,26H,2,4,11-12H2,1H3,(H2,22,23,24,25). The number of nitrogens with one attached hydrogen (secondary N) is 2. The van der Waals surface area contributed by atoms with Crippen molar-refractivity contribution in [2.45, 2.75) is 13.3 Å². The molecule has 0 aliphatic rings. The summed E-state index contributed by atoms with van der Waals surface area (Å²) in [5, 5.41) is 15.4. The highest BCUT2D eigenvalue weighted by Crippen LogP contribution is 2.24. The lowest BCUT2D eigenvalue weighted by atomic mass is 10.2. The van der Waals surface area contributed by atoms with Crippen LogP contribution in [0.2, 0.25) is 0 Å². The second-order valence-corrected chi connectivity index (χ2v) is 5.79. The summed E-state index contributed by atoms with van der Waals surface area (Å²) >= 11 is 0. The molecule has 0 saturated carbocycles. The summed E-state index contributed by atoms with van der Waals surface area (Å²) in [7, 11) is 0. The molecule has 0 spiro atoms. The van der Waals surface area contributed by atoms with E-state index in [0.717, 1.165) is 22.7 Å². The Labute approximate surface area is 158 Å². The number of benzene rings is 1. The van der Waals surface area contributed by atoms with Crippen molar-refractivity contribution in [1.29, 1.82) is 0 Å². The van der Waals surface area contributed by atoms with Gasteiger partial charge in [-0.2, -0.15) is 4.98 Å². The summed E-state index contributed by atoms with van der Waals surface area (Å²) in [6, 6.07) is 13.4. The molecule has 140 valence electrons. The van der Waals surface area contributed by atoms with Crippen molar-refractivity contribution in [2.24, 2.45) is 0 Å². The Balaban J connectivity index is 1.85. The molecule has 0 amide bonds. The number of aliphatic hydroxyl groups excluding tert-OH is 1. The highest BCUT2D eigenvalue weighted by Gasteiger charge is 2.08. The van der Waals surface area contributed by atoms with Gasteiger partial charge in [0.15, 0.2) is 0 Å². The van der Waals surface area contributed by atoms with Crippen LogP contribution in [0.15, 0.2) is 54.9 Å². The number of aromatic nitrogens is 3. The van der Waals surface area contributed by atoms with E-state index in [9.17, 15) is 0 Å². The van der Waals surface area contributed by atoms with Gasteiger partial charge in [0.25, 0.3) is 0 Å². The second kappa shape index (κ2) is 9.49. The molecule has 0 fully saturated rings. The predicted molar refractivity (Wildman–Crippen MR) is 106 cm³/mol. The smallest absolute Gasteiger partial charge is 0.225 e. The van der Waals surface area contributed by atoms with Crippen molar-refractivity contribution in [3.05, 3.63) is 54.9 Å². The lowest BCUT2D eigenvalue weighted by Gasteiger charge is -2.12. The van der Waals surface area contributed by atoms with Crippen LogP contribution in [0.25, 0.3) is 11.3 Å². The summed E-state index contributed by atoms with van der Waals surface area (Å²) in [6.45, 7) is 3.30. The van der Waals surface area contributed by atoms with E-state index in [1.807, 2.05) is 49.4 Å². The average molecular weight is 365 g/mol. The van der Waals surface area contributed by atoms with Crippen LogP contribution in [0.5, 0.6) is 5.75 Å². The van der Waals surface area contributed by atoms with Gasteiger partial charge in [-0.15, -0.1) is 0 Å². The van der Waals surface area contributed by atoms with Gasteiger partial charge in [-0.1, -0.05) is 0 Å². The summed E-state index contributed by atoms with van der Waals surface area (Å²) in [4.78, 5) is 13.2. The Morgan fingerprint density at radius 3 is 2.67 bits per heavy atom. The molecule has 0 saturated heterocycles. The Morgan fingerprint density at radius 2 is 1.96 bits per heavy atom. The third kappa shape index (κ3) is 5.39. The van der Waals surface area contributed by atoms with Crippen molar-refractivity contribution in [3.8, 4) is 17.0 Å². The molecule has 3 aromatic rings. The Hall–Kier alpha value is -3.19. The molecule has 0 aliphatic heterocycles. The summed E-state index contributed by atoms with van der Waals surface area (Å²) in [6.07, 6.45) is 4.12. The quantitative estimate of drug-likeness (QED) is 0.500. The van der Waals surface area contributed by atoms with Crippen molar-refractivity contribution in [3.63, 3.8) is 0 Å². The van der Waals surface area contributed by atoms with Crippen LogP contribution in [0, 0.1) is 0 Å². The minimum Gasteiger partial charge on any atom is -0.494 e. The van der Waals surface area contributed by atoms with E-state index < -0.39 is 0 Å². The third-order valence-electron chi connectivity index (χ3n) is 3.74. The molecule has 0 atom stereocenters. The van der Waals surface area contributed by atoms with E-state index in [1.165, 1.54) is 0 Å². The lowest BCUT2D eigenvalue weighted by molar-refractivity contribution is 0.292. The first-order valence-corrected chi connectivity index (χ1v) is 8.92. The molecule has 0 aliphatic carbocycles. The van der Waals surface area contributed by atoms with Gasteiger partial charge in [-0.25, -0.2) is 4.98 Å². The van der Waals surface area contributed by atoms with Crippen molar-refractivity contribution < 1.29 is 9.84 Å². The van der Waals surface area contributed by atoms with Crippen LogP contribution in [-0.2, 0) is 0 Å². The zero-order valence-corrected chi connectivity index (χ0v) is 15.2. The van der Waals surface area contributed by atoms with Gasteiger partial charge in [-0.05, 0) is 49.7 Å². The van der Waals surface area contributed by atoms with Crippen molar-refractivity contribution in [2.75, 3.05) is 30.4 Å². The number of ether oxygens (including phenoxy) is 1. The Bertz CT molecular complexity index is 841. The fourth-order valence-electron chi connectivity index (χ4n) is 2.48. The van der Waals surface area contributed by atoms with E-state index in [0.29, 0.717) is 31.3 Å². The summed E-state index contributed by atoms with van der Waals surface area (Å²) in [5.41, 5.74) is 2.56. The molecule has 7 nitrogen and oxygen atoms in total.